The van der Waals surface area contributed by atoms with Crippen molar-refractivity contribution < 1.29 is 23.9 Å². The number of aryl methyl sites for hydroxylation is 1. The van der Waals surface area contributed by atoms with Crippen molar-refractivity contribution in [3.05, 3.63) is 23.8 Å². The zero-order chi connectivity index (χ0) is 21.2. The van der Waals surface area contributed by atoms with Gasteiger partial charge in [-0.25, -0.2) is 0 Å². The molecule has 7 heteroatoms. The predicted octanol–water partition coefficient (Wildman–Crippen LogP) is 3.30. The van der Waals surface area contributed by atoms with Crippen molar-refractivity contribution >= 4 is 23.5 Å². The van der Waals surface area contributed by atoms with Crippen LogP contribution in [0.3, 0.4) is 0 Å². The van der Waals surface area contributed by atoms with Crippen molar-refractivity contribution in [2.75, 3.05) is 32.6 Å². The van der Waals surface area contributed by atoms with E-state index < -0.39 is 0 Å². The molecular formula is C22H32N2O5. The van der Waals surface area contributed by atoms with Crippen LogP contribution in [0.1, 0.15) is 50.5 Å². The first-order chi connectivity index (χ1) is 13.9. The fraction of sp³-hybridized carbons (Fsp3) is 0.591. The van der Waals surface area contributed by atoms with Gasteiger partial charge in [0, 0.05) is 38.0 Å². The molecular weight excluding hydrogens is 372 g/mol. The van der Waals surface area contributed by atoms with E-state index in [1.165, 1.54) is 7.11 Å². The van der Waals surface area contributed by atoms with Crippen molar-refractivity contribution in [3.63, 3.8) is 0 Å². The Morgan fingerprint density at radius 1 is 1.17 bits per heavy atom. The predicted molar refractivity (Wildman–Crippen MR) is 111 cm³/mol. The minimum absolute atomic E-state index is 0.0141. The molecule has 0 radical (unpaired) electrons. The largest absolute Gasteiger partial charge is 0.497 e. The number of rotatable bonds is 9. The summed E-state index contributed by atoms with van der Waals surface area (Å²) >= 11 is 0. The molecule has 1 heterocycles. The molecule has 0 aromatic heterocycles. The number of piperidine rings is 1. The first-order valence-corrected chi connectivity index (χ1v) is 10.2. The molecule has 2 amide bonds. The summed E-state index contributed by atoms with van der Waals surface area (Å²) in [6.45, 7) is 3.37. The first-order valence-electron chi connectivity index (χ1n) is 10.2. The van der Waals surface area contributed by atoms with Gasteiger partial charge in [0.15, 0.2) is 0 Å². The van der Waals surface area contributed by atoms with Gasteiger partial charge < -0.3 is 19.7 Å². The molecule has 0 unspecified atom stereocenters. The fourth-order valence-electron chi connectivity index (χ4n) is 3.62. The van der Waals surface area contributed by atoms with Gasteiger partial charge in [-0.3, -0.25) is 14.4 Å². The summed E-state index contributed by atoms with van der Waals surface area (Å²) in [4.78, 5) is 37.7. The van der Waals surface area contributed by atoms with Gasteiger partial charge in [-0.05, 0) is 62.3 Å². The number of carbonyl (C=O) groups excluding carboxylic acids is 3. The van der Waals surface area contributed by atoms with Crippen molar-refractivity contribution in [2.24, 2.45) is 5.92 Å². The van der Waals surface area contributed by atoms with Gasteiger partial charge in [-0.15, -0.1) is 0 Å². The highest BCUT2D eigenvalue weighted by Crippen LogP contribution is 2.24. The van der Waals surface area contributed by atoms with Crippen molar-refractivity contribution in [1.82, 2.24) is 4.90 Å². The molecule has 0 aliphatic carbocycles. The molecule has 1 fully saturated rings. The van der Waals surface area contributed by atoms with Gasteiger partial charge in [0.2, 0.25) is 11.8 Å². The third kappa shape index (κ3) is 7.40. The Labute approximate surface area is 172 Å². The summed E-state index contributed by atoms with van der Waals surface area (Å²) in [5.41, 5.74) is 1.75. The lowest BCUT2D eigenvalue weighted by molar-refractivity contribution is -0.141. The molecule has 1 saturated heterocycles. The van der Waals surface area contributed by atoms with E-state index in [-0.39, 0.29) is 24.2 Å². The Morgan fingerprint density at radius 2 is 1.97 bits per heavy atom. The zero-order valence-corrected chi connectivity index (χ0v) is 17.7. The van der Waals surface area contributed by atoms with Crippen molar-refractivity contribution in [1.29, 1.82) is 0 Å². The quantitative estimate of drug-likeness (QED) is 0.638. The lowest BCUT2D eigenvalue weighted by Gasteiger charge is -2.33. The molecule has 1 N–H and O–H groups in total. The Morgan fingerprint density at radius 3 is 2.66 bits per heavy atom. The topological polar surface area (TPSA) is 84.9 Å². The van der Waals surface area contributed by atoms with Crippen LogP contribution in [0, 0.1) is 12.8 Å². The molecule has 0 spiro atoms. The number of nitrogens with zero attached hydrogens (tertiary/aromatic N) is 1. The highest BCUT2D eigenvalue weighted by atomic mass is 16.5. The van der Waals surface area contributed by atoms with Crippen LogP contribution in [0.5, 0.6) is 5.75 Å². The van der Waals surface area contributed by atoms with Crippen LogP contribution in [-0.4, -0.2) is 50.0 Å². The molecule has 1 aromatic rings. The van der Waals surface area contributed by atoms with Gasteiger partial charge in [0.25, 0.3) is 0 Å². The summed E-state index contributed by atoms with van der Waals surface area (Å²) < 4.78 is 9.79. The molecule has 160 valence electrons. The van der Waals surface area contributed by atoms with Gasteiger partial charge in [0.05, 0.1) is 14.2 Å². The highest BCUT2D eigenvalue weighted by Gasteiger charge is 2.24. The fourth-order valence-corrected chi connectivity index (χ4v) is 3.62. The van der Waals surface area contributed by atoms with E-state index in [1.807, 2.05) is 30.0 Å². The summed E-state index contributed by atoms with van der Waals surface area (Å²) in [7, 11) is 2.97. The van der Waals surface area contributed by atoms with Crippen LogP contribution in [-0.2, 0) is 19.1 Å². The van der Waals surface area contributed by atoms with E-state index >= 15 is 0 Å². The number of likely N-dealkylation sites (tertiary alicyclic amines) is 1. The Bertz CT molecular complexity index is 719. The van der Waals surface area contributed by atoms with E-state index in [4.69, 9.17) is 4.74 Å². The van der Waals surface area contributed by atoms with Crippen LogP contribution in [0.15, 0.2) is 18.2 Å². The normalized spacial score (nSPS) is 16.2. The molecule has 1 aliphatic heterocycles. The summed E-state index contributed by atoms with van der Waals surface area (Å²) in [5, 5.41) is 2.96. The SMILES string of the molecule is COC(=O)CCCC(=O)N1CCC[C@H](CCC(=O)Nc2ccc(OC)cc2C)C1. The number of ether oxygens (including phenoxy) is 2. The maximum Gasteiger partial charge on any atom is 0.305 e. The average Bonchev–Trinajstić information content (AvgIpc) is 2.73. The van der Waals surface area contributed by atoms with Gasteiger partial charge in [0.1, 0.15) is 5.75 Å². The van der Waals surface area contributed by atoms with E-state index in [9.17, 15) is 14.4 Å². The molecule has 1 aliphatic rings. The molecule has 1 atom stereocenters. The second-order valence-corrected chi connectivity index (χ2v) is 7.55. The second-order valence-electron chi connectivity index (χ2n) is 7.55. The first kappa shape index (κ1) is 22.7. The maximum atomic E-state index is 12.4. The standard InChI is InChI=1S/C22H32N2O5/c1-16-14-18(28-2)10-11-19(16)23-20(25)12-9-17-6-5-13-24(15-17)21(26)7-4-8-22(27)29-3/h10-11,14,17H,4-9,12-13,15H2,1-3H3,(H,23,25)/t17-/m1/s1. The monoisotopic (exact) mass is 404 g/mol. The number of carbonyl (C=O) groups is 3. The average molecular weight is 405 g/mol. The maximum absolute atomic E-state index is 12.4. The minimum atomic E-state index is -0.285. The molecule has 1 aromatic carbocycles. The number of nitrogens with one attached hydrogen (secondary N) is 1. The minimum Gasteiger partial charge on any atom is -0.497 e. The molecule has 2 rings (SSSR count). The van der Waals surface area contributed by atoms with Crippen LogP contribution in [0.4, 0.5) is 5.69 Å². The van der Waals surface area contributed by atoms with Gasteiger partial charge in [-0.1, -0.05) is 0 Å². The second kappa shape index (κ2) is 11.4. The smallest absolute Gasteiger partial charge is 0.305 e. The molecule has 29 heavy (non-hydrogen) atoms. The van der Waals surface area contributed by atoms with Crippen molar-refractivity contribution in [2.45, 2.75) is 51.9 Å². The Balaban J connectivity index is 1.75. The Hall–Kier alpha value is -2.57. The number of hydrogen-bond donors (Lipinski definition) is 1. The number of hydrogen-bond acceptors (Lipinski definition) is 5. The number of benzene rings is 1. The highest BCUT2D eigenvalue weighted by molar-refractivity contribution is 5.91. The van der Waals surface area contributed by atoms with Gasteiger partial charge >= 0.3 is 5.97 Å². The lowest BCUT2D eigenvalue weighted by Crippen LogP contribution is -2.40. The lowest BCUT2D eigenvalue weighted by atomic mass is 9.93. The molecule has 7 nitrogen and oxygen atoms in total. The van der Waals surface area contributed by atoms with Crippen LogP contribution in [0.25, 0.3) is 0 Å². The Kier molecular flexibility index (Phi) is 8.96. The number of esters is 1. The summed E-state index contributed by atoms with van der Waals surface area (Å²) in [5.74, 6) is 0.874. The van der Waals surface area contributed by atoms with E-state index in [1.54, 1.807) is 7.11 Å². The van der Waals surface area contributed by atoms with Crippen LogP contribution < -0.4 is 10.1 Å². The summed E-state index contributed by atoms with van der Waals surface area (Å²) in [6.07, 6.45) is 4.31. The van der Waals surface area contributed by atoms with Crippen LogP contribution in [0.2, 0.25) is 0 Å². The third-order valence-electron chi connectivity index (χ3n) is 5.36. The molecule has 0 bridgehead atoms. The van der Waals surface area contributed by atoms with E-state index in [0.29, 0.717) is 31.7 Å². The molecule has 0 saturated carbocycles. The third-order valence-corrected chi connectivity index (χ3v) is 5.36. The zero-order valence-electron chi connectivity index (χ0n) is 17.7. The summed E-state index contributed by atoms with van der Waals surface area (Å²) in [6, 6.07) is 5.56. The number of methoxy groups -OCH3 is 2. The van der Waals surface area contributed by atoms with E-state index in [2.05, 4.69) is 10.1 Å². The number of anilines is 1. The van der Waals surface area contributed by atoms with Crippen LogP contribution >= 0.6 is 0 Å². The number of amides is 2. The van der Waals surface area contributed by atoms with E-state index in [0.717, 1.165) is 42.8 Å². The van der Waals surface area contributed by atoms with Gasteiger partial charge in [-0.2, -0.15) is 0 Å². The van der Waals surface area contributed by atoms with Crippen molar-refractivity contribution in [3.8, 4) is 5.75 Å².